The van der Waals surface area contributed by atoms with E-state index in [0.717, 1.165) is 22.3 Å². The van der Waals surface area contributed by atoms with Crippen molar-refractivity contribution in [3.8, 4) is 11.1 Å². The number of rotatable bonds is 6. The maximum atomic E-state index is 12.8. The third-order valence-electron chi connectivity index (χ3n) is 6.96. The van der Waals surface area contributed by atoms with Gasteiger partial charge in [-0.15, -0.1) is 0 Å². The lowest BCUT2D eigenvalue weighted by Crippen LogP contribution is -2.37. The fourth-order valence-electron chi connectivity index (χ4n) is 5.09. The van der Waals surface area contributed by atoms with Gasteiger partial charge in [0.1, 0.15) is 12.4 Å². The van der Waals surface area contributed by atoms with Crippen LogP contribution in [-0.2, 0) is 16.1 Å². The Morgan fingerprint density at radius 1 is 1.03 bits per heavy atom. The van der Waals surface area contributed by atoms with E-state index in [0.29, 0.717) is 18.7 Å². The number of fused-ring (bicyclic) bond motifs is 3. The monoisotopic (exact) mass is 474 g/mol. The average Bonchev–Trinajstić information content (AvgIpc) is 3.57. The highest BCUT2D eigenvalue weighted by Crippen LogP contribution is 2.44. The molecular formula is C27H26N2O6. The van der Waals surface area contributed by atoms with Crippen LogP contribution in [0.4, 0.5) is 4.79 Å². The van der Waals surface area contributed by atoms with Crippen LogP contribution in [0.25, 0.3) is 11.1 Å². The van der Waals surface area contributed by atoms with Gasteiger partial charge in [-0.05, 0) is 47.7 Å². The van der Waals surface area contributed by atoms with Crippen molar-refractivity contribution in [2.45, 2.75) is 31.8 Å². The number of carbonyl (C=O) groups is 3. The van der Waals surface area contributed by atoms with Gasteiger partial charge in [0.2, 0.25) is 0 Å². The van der Waals surface area contributed by atoms with Crippen molar-refractivity contribution in [2.75, 3.05) is 13.2 Å². The van der Waals surface area contributed by atoms with Gasteiger partial charge in [0.25, 0.3) is 5.91 Å². The van der Waals surface area contributed by atoms with Crippen LogP contribution in [0, 0.1) is 5.92 Å². The van der Waals surface area contributed by atoms with Crippen LogP contribution in [0.15, 0.2) is 65.1 Å². The summed E-state index contributed by atoms with van der Waals surface area (Å²) in [7, 11) is 0. The molecule has 0 saturated carbocycles. The molecule has 35 heavy (non-hydrogen) atoms. The Morgan fingerprint density at radius 3 is 2.31 bits per heavy atom. The van der Waals surface area contributed by atoms with E-state index in [9.17, 15) is 19.5 Å². The van der Waals surface area contributed by atoms with E-state index >= 15 is 0 Å². The third kappa shape index (κ3) is 4.27. The number of carboxylic acid groups (broad SMARTS) is 1. The molecule has 8 nitrogen and oxygen atoms in total. The molecule has 2 aliphatic rings. The first-order valence-electron chi connectivity index (χ1n) is 11.7. The van der Waals surface area contributed by atoms with Crippen LogP contribution >= 0.6 is 0 Å². The minimum atomic E-state index is -0.903. The van der Waals surface area contributed by atoms with E-state index in [2.05, 4.69) is 29.6 Å². The maximum Gasteiger partial charge on any atom is 0.407 e. The lowest BCUT2D eigenvalue weighted by Gasteiger charge is -2.22. The quantitative estimate of drug-likeness (QED) is 0.553. The van der Waals surface area contributed by atoms with Gasteiger partial charge in [-0.25, -0.2) is 4.79 Å². The van der Waals surface area contributed by atoms with Gasteiger partial charge in [0.15, 0.2) is 5.76 Å². The maximum absolute atomic E-state index is 12.8. The molecule has 1 aromatic heterocycles. The molecule has 0 radical (unpaired) electrons. The molecule has 2 atom stereocenters. The van der Waals surface area contributed by atoms with Crippen molar-refractivity contribution >= 4 is 18.0 Å². The van der Waals surface area contributed by atoms with Gasteiger partial charge in [0, 0.05) is 18.5 Å². The van der Waals surface area contributed by atoms with E-state index in [1.54, 1.807) is 13.0 Å². The van der Waals surface area contributed by atoms with Crippen LogP contribution in [0.1, 0.15) is 46.7 Å². The van der Waals surface area contributed by atoms with E-state index in [1.807, 2.05) is 24.3 Å². The van der Waals surface area contributed by atoms with Crippen molar-refractivity contribution in [3.05, 3.63) is 83.3 Å². The minimum absolute atomic E-state index is 0.0296. The van der Waals surface area contributed by atoms with Crippen molar-refractivity contribution in [1.29, 1.82) is 0 Å². The Hall–Kier alpha value is -4.07. The van der Waals surface area contributed by atoms with Crippen LogP contribution in [0.3, 0.4) is 0 Å². The molecular weight excluding hydrogens is 448 g/mol. The summed E-state index contributed by atoms with van der Waals surface area (Å²) in [5.41, 5.74) is 4.59. The predicted molar refractivity (Wildman–Crippen MR) is 127 cm³/mol. The van der Waals surface area contributed by atoms with E-state index in [4.69, 9.17) is 9.15 Å². The Kier molecular flexibility index (Phi) is 6.03. The number of furan rings is 1. The number of benzene rings is 2. The number of amides is 2. The van der Waals surface area contributed by atoms with Gasteiger partial charge in [-0.3, -0.25) is 9.59 Å². The lowest BCUT2D eigenvalue weighted by atomic mass is 9.98. The number of hydrogen-bond donors (Lipinski definition) is 2. The smallest absolute Gasteiger partial charge is 0.407 e. The van der Waals surface area contributed by atoms with E-state index in [1.165, 1.54) is 11.0 Å². The summed E-state index contributed by atoms with van der Waals surface area (Å²) < 4.78 is 11.1. The van der Waals surface area contributed by atoms with Crippen molar-refractivity contribution in [2.24, 2.45) is 5.92 Å². The molecule has 2 amide bonds. The molecule has 1 aliphatic carbocycles. The highest BCUT2D eigenvalue weighted by atomic mass is 16.5. The third-order valence-corrected chi connectivity index (χ3v) is 6.96. The van der Waals surface area contributed by atoms with Crippen molar-refractivity contribution in [1.82, 2.24) is 10.2 Å². The molecule has 1 aliphatic heterocycles. The largest absolute Gasteiger partial charge is 0.481 e. The van der Waals surface area contributed by atoms with Gasteiger partial charge in [-0.1, -0.05) is 48.5 Å². The normalized spacial score (nSPS) is 18.7. The molecule has 2 N–H and O–H groups in total. The fraction of sp³-hybridized carbons (Fsp3) is 0.296. The molecule has 1 fully saturated rings. The average molecular weight is 475 g/mol. The summed E-state index contributed by atoms with van der Waals surface area (Å²) in [6.45, 7) is 2.37. The fourth-order valence-corrected chi connectivity index (χ4v) is 5.09. The van der Waals surface area contributed by atoms with Crippen molar-refractivity contribution in [3.63, 3.8) is 0 Å². The highest BCUT2D eigenvalue weighted by Gasteiger charge is 2.39. The van der Waals surface area contributed by atoms with Crippen LogP contribution in [0.5, 0.6) is 0 Å². The van der Waals surface area contributed by atoms with Gasteiger partial charge < -0.3 is 24.5 Å². The number of nitrogens with one attached hydrogen (secondary N) is 1. The Labute approximate surface area is 202 Å². The Morgan fingerprint density at radius 2 is 1.69 bits per heavy atom. The zero-order valence-corrected chi connectivity index (χ0v) is 19.3. The number of likely N-dealkylation sites (tertiary alicyclic amines) is 1. The molecule has 3 aromatic rings. The van der Waals surface area contributed by atoms with E-state index in [-0.39, 0.29) is 30.7 Å². The molecule has 2 aromatic carbocycles. The summed E-state index contributed by atoms with van der Waals surface area (Å²) in [6, 6.07) is 19.0. The van der Waals surface area contributed by atoms with Crippen LogP contribution < -0.4 is 5.32 Å². The first-order valence-corrected chi connectivity index (χ1v) is 11.7. The second-order valence-corrected chi connectivity index (χ2v) is 8.92. The summed E-state index contributed by atoms with van der Waals surface area (Å²) in [4.78, 5) is 38.0. The highest BCUT2D eigenvalue weighted by molar-refractivity contribution is 5.92. The first kappa shape index (κ1) is 22.7. The molecule has 2 heterocycles. The van der Waals surface area contributed by atoms with Gasteiger partial charge >= 0.3 is 12.1 Å². The minimum Gasteiger partial charge on any atom is -0.481 e. The second-order valence-electron chi connectivity index (χ2n) is 8.92. The molecule has 8 heteroatoms. The predicted octanol–water partition coefficient (Wildman–Crippen LogP) is 4.25. The number of alkyl carbamates (subject to hydrolysis) is 1. The van der Waals surface area contributed by atoms with Gasteiger partial charge in [-0.2, -0.15) is 0 Å². The van der Waals surface area contributed by atoms with Gasteiger partial charge in [0.05, 0.1) is 12.5 Å². The first-order chi connectivity index (χ1) is 16.9. The molecule has 180 valence electrons. The summed E-state index contributed by atoms with van der Waals surface area (Å²) in [5.74, 6) is -1.34. The summed E-state index contributed by atoms with van der Waals surface area (Å²) in [6.07, 6.45) is -0.160. The zero-order chi connectivity index (χ0) is 24.5. The Balaban J connectivity index is 1.16. The molecule has 1 saturated heterocycles. The number of carbonyl (C=O) groups excluding carboxylic acids is 2. The lowest BCUT2D eigenvalue weighted by molar-refractivity contribution is -0.142. The molecule has 2 unspecified atom stereocenters. The number of carboxylic acids is 1. The molecule has 0 bridgehead atoms. The number of ether oxygens (including phenoxy) is 1. The van der Waals surface area contributed by atoms with Crippen LogP contribution in [-0.4, -0.2) is 47.2 Å². The van der Waals surface area contributed by atoms with Crippen LogP contribution in [0.2, 0.25) is 0 Å². The SMILES string of the molecule is CC1C(C(=O)O)CCN1C(=O)c1ccc(CNC(=O)OCC2c3ccccc3-c3ccccc32)o1. The number of hydrogen-bond acceptors (Lipinski definition) is 5. The summed E-state index contributed by atoms with van der Waals surface area (Å²) in [5, 5.41) is 11.9. The number of aliphatic carboxylic acids is 1. The molecule has 0 spiro atoms. The van der Waals surface area contributed by atoms with Crippen molar-refractivity contribution < 1.29 is 28.6 Å². The number of nitrogens with zero attached hydrogens (tertiary/aromatic N) is 1. The Bertz CT molecular complexity index is 1240. The topological polar surface area (TPSA) is 109 Å². The standard InChI is InChI=1S/C27H26N2O6/c1-16-18(26(31)32)12-13-29(16)25(30)24-11-10-17(35-24)14-28-27(33)34-15-23-21-8-4-2-6-19(21)20-7-3-5-9-22(20)23/h2-11,16,18,23H,12-15H2,1H3,(H,28,33)(H,31,32). The molecule has 5 rings (SSSR count). The second kappa shape index (κ2) is 9.29. The van der Waals surface area contributed by atoms with E-state index < -0.39 is 24.0 Å². The summed E-state index contributed by atoms with van der Waals surface area (Å²) >= 11 is 0. The zero-order valence-electron chi connectivity index (χ0n) is 19.3.